The zero-order chi connectivity index (χ0) is 26.5. The molecule has 0 spiro atoms. The molecular weight excluding hydrogens is 486 g/mol. The van der Waals surface area contributed by atoms with Gasteiger partial charge in [-0.1, -0.05) is 23.5 Å². The van der Waals surface area contributed by atoms with Crippen LogP contribution in [0.4, 0.5) is 5.13 Å². The summed E-state index contributed by atoms with van der Waals surface area (Å²) < 4.78 is 5.88. The fraction of sp³-hybridized carbons (Fsp3) is 0.519. The summed E-state index contributed by atoms with van der Waals surface area (Å²) in [7, 11) is 0. The Morgan fingerprint density at radius 1 is 1.27 bits per heavy atom. The maximum absolute atomic E-state index is 12.4. The molecular formula is C27H37N7O2S. The van der Waals surface area contributed by atoms with Gasteiger partial charge < -0.3 is 15.0 Å². The summed E-state index contributed by atoms with van der Waals surface area (Å²) in [4.78, 5) is 36.1. The van der Waals surface area contributed by atoms with Gasteiger partial charge in [-0.05, 0) is 59.2 Å². The predicted octanol–water partition coefficient (Wildman–Crippen LogP) is 3.96. The lowest BCUT2D eigenvalue weighted by atomic mass is 10.2. The number of likely N-dealkylation sites (tertiary alicyclic amines) is 1. The van der Waals surface area contributed by atoms with E-state index in [1.165, 1.54) is 16.9 Å². The van der Waals surface area contributed by atoms with Crippen LogP contribution in [0.25, 0.3) is 10.3 Å². The van der Waals surface area contributed by atoms with Gasteiger partial charge in [0.15, 0.2) is 0 Å². The number of morpholine rings is 1. The average Bonchev–Trinajstić information content (AvgIpc) is 3.43. The molecule has 10 heteroatoms. The van der Waals surface area contributed by atoms with E-state index in [1.807, 2.05) is 24.0 Å². The van der Waals surface area contributed by atoms with E-state index in [2.05, 4.69) is 58.6 Å². The minimum Gasteiger partial charge on any atom is -0.373 e. The fourth-order valence-corrected chi connectivity index (χ4v) is 5.64. The lowest BCUT2D eigenvalue weighted by Crippen LogP contribution is -2.46. The molecule has 4 heterocycles. The van der Waals surface area contributed by atoms with Gasteiger partial charge in [-0.25, -0.2) is 15.0 Å². The molecule has 37 heavy (non-hydrogen) atoms. The van der Waals surface area contributed by atoms with Crippen molar-refractivity contribution in [3.05, 3.63) is 42.1 Å². The van der Waals surface area contributed by atoms with Crippen LogP contribution in [0.2, 0.25) is 0 Å². The number of fused-ring (bicyclic) bond motifs is 1. The van der Waals surface area contributed by atoms with Crippen LogP contribution in [0.15, 0.2) is 52.1 Å². The van der Waals surface area contributed by atoms with E-state index in [0.717, 1.165) is 42.2 Å². The second kappa shape index (κ2) is 12.1. The Morgan fingerprint density at radius 3 is 2.73 bits per heavy atom. The number of nitrogens with zero attached hydrogens (tertiary/aromatic N) is 6. The molecule has 3 atom stereocenters. The topological polar surface area (TPSA) is 95.3 Å². The molecule has 0 aromatic carbocycles. The number of aliphatic imine (C=N–C) groups is 2. The molecule has 1 amide bonds. The van der Waals surface area contributed by atoms with Crippen molar-refractivity contribution in [3.8, 4) is 0 Å². The van der Waals surface area contributed by atoms with E-state index >= 15 is 0 Å². The van der Waals surface area contributed by atoms with Crippen LogP contribution in [-0.2, 0) is 9.53 Å². The van der Waals surface area contributed by atoms with Crippen molar-refractivity contribution in [2.75, 3.05) is 32.7 Å². The smallest absolute Gasteiger partial charge is 0.248 e. The number of carbonyl (C=O) groups is 1. The van der Waals surface area contributed by atoms with E-state index in [0.29, 0.717) is 29.6 Å². The first kappa shape index (κ1) is 27.1. The Hall–Kier alpha value is -2.95. The quantitative estimate of drug-likeness (QED) is 0.350. The third kappa shape index (κ3) is 7.53. The van der Waals surface area contributed by atoms with Gasteiger partial charge in [0.25, 0.3) is 0 Å². The predicted molar refractivity (Wildman–Crippen MR) is 151 cm³/mol. The molecule has 4 rings (SSSR count). The highest BCUT2D eigenvalue weighted by atomic mass is 32.1. The Morgan fingerprint density at radius 2 is 2.03 bits per heavy atom. The second-order valence-corrected chi connectivity index (χ2v) is 11.0. The van der Waals surface area contributed by atoms with Crippen LogP contribution >= 0.6 is 11.3 Å². The number of thiazole rings is 1. The summed E-state index contributed by atoms with van der Waals surface area (Å²) >= 11 is 1.45. The Balaban J connectivity index is 1.52. The van der Waals surface area contributed by atoms with E-state index in [4.69, 9.17) is 9.73 Å². The summed E-state index contributed by atoms with van der Waals surface area (Å²) in [6, 6.07) is 3.82. The lowest BCUT2D eigenvalue weighted by molar-refractivity contribution is -0.126. The molecule has 3 unspecified atom stereocenters. The molecule has 1 N–H and O–H groups in total. The van der Waals surface area contributed by atoms with Crippen molar-refractivity contribution in [1.29, 1.82) is 0 Å². The summed E-state index contributed by atoms with van der Waals surface area (Å²) in [6.45, 7) is 17.7. The number of rotatable bonds is 6. The molecule has 2 aliphatic rings. The molecule has 2 saturated heterocycles. The average molecular weight is 524 g/mol. The standard InChI is InChI=1S/C27H37N7O2S/c1-17(2)26(35)34-11-9-22(16-34)31-24(12-18(3)13-33-14-19(4)36-20(5)15-33)29-21(6)30-27-32-23-8-7-10-28-25(23)37-27/h7-8,10,12,19-20,22H,1,9,11,13-16H2,2-6H3,(H,29,30,31,32)/b18-12+. The number of nitrogens with one attached hydrogen (secondary N) is 1. The van der Waals surface area contributed by atoms with Crippen molar-refractivity contribution in [3.63, 3.8) is 0 Å². The van der Waals surface area contributed by atoms with Crippen LogP contribution in [0.5, 0.6) is 0 Å². The van der Waals surface area contributed by atoms with Crippen molar-refractivity contribution in [1.82, 2.24) is 25.1 Å². The minimum atomic E-state index is -0.00308. The highest BCUT2D eigenvalue weighted by Crippen LogP contribution is 2.26. The largest absolute Gasteiger partial charge is 0.373 e. The first-order valence-electron chi connectivity index (χ1n) is 12.8. The van der Waals surface area contributed by atoms with E-state index in [1.54, 1.807) is 13.1 Å². The molecule has 2 aromatic rings. The summed E-state index contributed by atoms with van der Waals surface area (Å²) in [6.07, 6.45) is 5.10. The first-order valence-corrected chi connectivity index (χ1v) is 13.6. The number of amides is 1. The summed E-state index contributed by atoms with van der Waals surface area (Å²) in [5.74, 6) is 1.43. The normalized spacial score (nSPS) is 24.1. The summed E-state index contributed by atoms with van der Waals surface area (Å²) in [5, 5.41) is 4.04. The number of pyridine rings is 1. The molecule has 9 nitrogen and oxygen atoms in total. The van der Waals surface area contributed by atoms with Crippen molar-refractivity contribution in [2.24, 2.45) is 9.98 Å². The van der Waals surface area contributed by atoms with Gasteiger partial charge in [-0.2, -0.15) is 0 Å². The number of amidine groups is 2. The van der Waals surface area contributed by atoms with Crippen molar-refractivity contribution in [2.45, 2.75) is 59.3 Å². The highest BCUT2D eigenvalue weighted by Gasteiger charge is 2.26. The Labute approximate surface area is 223 Å². The molecule has 0 bridgehead atoms. The Kier molecular flexibility index (Phi) is 8.83. The van der Waals surface area contributed by atoms with Gasteiger partial charge in [0.1, 0.15) is 22.0 Å². The van der Waals surface area contributed by atoms with Crippen molar-refractivity contribution < 1.29 is 9.53 Å². The number of carbonyl (C=O) groups excluding carboxylic acids is 1. The third-order valence-electron chi connectivity index (χ3n) is 6.22. The van der Waals surface area contributed by atoms with Gasteiger partial charge in [0.05, 0.1) is 18.2 Å². The van der Waals surface area contributed by atoms with Crippen LogP contribution in [0.1, 0.15) is 41.0 Å². The zero-order valence-electron chi connectivity index (χ0n) is 22.4. The third-order valence-corrected chi connectivity index (χ3v) is 7.09. The maximum Gasteiger partial charge on any atom is 0.248 e. The van der Waals surface area contributed by atoms with Crippen LogP contribution in [0, 0.1) is 0 Å². The number of hydrogen-bond donors (Lipinski definition) is 1. The molecule has 0 radical (unpaired) electrons. The first-order chi connectivity index (χ1) is 17.7. The van der Waals surface area contributed by atoms with E-state index in [9.17, 15) is 4.79 Å². The molecule has 2 aromatic heterocycles. The molecule has 0 saturated carbocycles. The monoisotopic (exact) mass is 523 g/mol. The van der Waals surface area contributed by atoms with Crippen molar-refractivity contribution >= 4 is 44.4 Å². The minimum absolute atomic E-state index is 0.00308. The Bertz CT molecular complexity index is 1190. The van der Waals surface area contributed by atoms with Crippen LogP contribution < -0.4 is 5.32 Å². The molecule has 2 fully saturated rings. The highest BCUT2D eigenvalue weighted by molar-refractivity contribution is 7.21. The fourth-order valence-electron chi connectivity index (χ4n) is 4.81. The SMILES string of the molecule is C=C(C)C(=O)N1CCC(N=C(/C=C(\C)CN2CC(C)OC(C)C2)NC(C)=Nc2nc3cccnc3s2)C1. The van der Waals surface area contributed by atoms with Gasteiger partial charge in [-0.3, -0.25) is 14.7 Å². The van der Waals surface area contributed by atoms with Gasteiger partial charge in [0, 0.05) is 44.5 Å². The van der Waals surface area contributed by atoms with Gasteiger partial charge >= 0.3 is 0 Å². The van der Waals surface area contributed by atoms with E-state index < -0.39 is 0 Å². The van der Waals surface area contributed by atoms with Gasteiger partial charge in [0.2, 0.25) is 11.0 Å². The maximum atomic E-state index is 12.4. The van der Waals surface area contributed by atoms with Crippen LogP contribution in [0.3, 0.4) is 0 Å². The number of aromatic nitrogens is 2. The molecule has 198 valence electrons. The second-order valence-electron chi connectivity index (χ2n) is 10.1. The number of hydrogen-bond acceptors (Lipinski definition) is 8. The zero-order valence-corrected chi connectivity index (χ0v) is 23.2. The van der Waals surface area contributed by atoms with E-state index in [-0.39, 0.29) is 24.2 Å². The molecule has 2 aliphatic heterocycles. The lowest BCUT2D eigenvalue weighted by Gasteiger charge is -2.35. The number of ether oxygens (including phenoxy) is 1. The summed E-state index contributed by atoms with van der Waals surface area (Å²) in [5.41, 5.74) is 2.59. The molecule has 0 aliphatic carbocycles. The van der Waals surface area contributed by atoms with Crippen LogP contribution in [-0.4, -0.2) is 88.3 Å². The van der Waals surface area contributed by atoms with Gasteiger partial charge in [-0.15, -0.1) is 0 Å².